The van der Waals surface area contributed by atoms with E-state index in [9.17, 15) is 4.79 Å². The van der Waals surface area contributed by atoms with Crippen LogP contribution in [-0.4, -0.2) is 29.7 Å². The van der Waals surface area contributed by atoms with Crippen molar-refractivity contribution in [3.8, 4) is 22.8 Å². The van der Waals surface area contributed by atoms with E-state index in [1.54, 1.807) is 0 Å². The first kappa shape index (κ1) is 18.2. The van der Waals surface area contributed by atoms with Crippen LogP contribution in [0.2, 0.25) is 0 Å². The zero-order chi connectivity index (χ0) is 20.3. The third kappa shape index (κ3) is 3.84. The van der Waals surface area contributed by atoms with Gasteiger partial charge in [0.2, 0.25) is 12.9 Å². The summed E-state index contributed by atoms with van der Waals surface area (Å²) >= 11 is 0. The second-order valence-electron chi connectivity index (χ2n) is 7.09. The van der Waals surface area contributed by atoms with Crippen molar-refractivity contribution in [1.29, 1.82) is 0 Å². The average molecular weight is 405 g/mol. The van der Waals surface area contributed by atoms with Crippen molar-refractivity contribution in [3.63, 3.8) is 0 Å². The monoisotopic (exact) mass is 405 g/mol. The van der Waals surface area contributed by atoms with E-state index in [0.717, 1.165) is 28.3 Å². The summed E-state index contributed by atoms with van der Waals surface area (Å²) in [6.07, 6.45) is 0.382. The molecule has 5 rings (SSSR count). The molecule has 8 nitrogen and oxygen atoms in total. The molecule has 0 saturated carbocycles. The van der Waals surface area contributed by atoms with Crippen LogP contribution in [0.25, 0.3) is 11.3 Å². The molecule has 2 aliphatic rings. The summed E-state index contributed by atoms with van der Waals surface area (Å²) in [6, 6.07) is 17.2. The highest BCUT2D eigenvalue weighted by molar-refractivity contribution is 5.94. The van der Waals surface area contributed by atoms with Crippen molar-refractivity contribution < 1.29 is 23.6 Å². The third-order valence-electron chi connectivity index (χ3n) is 4.93. The summed E-state index contributed by atoms with van der Waals surface area (Å²) in [6.45, 7) is 0.496. The van der Waals surface area contributed by atoms with Gasteiger partial charge in [-0.05, 0) is 17.7 Å². The van der Waals surface area contributed by atoms with Gasteiger partial charge in [0.1, 0.15) is 5.69 Å². The molecule has 3 aromatic rings. The van der Waals surface area contributed by atoms with Crippen LogP contribution in [-0.2, 0) is 22.6 Å². The SMILES string of the molecule is O=C(NCc1cc(-c2ccccc2)on1)[C@H]1CC(Cc2ccc3c(c2)OCO3)=NO1. The van der Waals surface area contributed by atoms with Crippen molar-refractivity contribution in [3.05, 3.63) is 65.9 Å². The number of carbonyl (C=O) groups excluding carboxylic acids is 1. The number of hydrogen-bond acceptors (Lipinski definition) is 7. The van der Waals surface area contributed by atoms with E-state index in [2.05, 4.69) is 15.6 Å². The molecule has 1 aromatic heterocycles. The lowest BCUT2D eigenvalue weighted by atomic mass is 10.0. The highest BCUT2D eigenvalue weighted by Gasteiger charge is 2.28. The molecular weight excluding hydrogens is 386 g/mol. The quantitative estimate of drug-likeness (QED) is 0.677. The van der Waals surface area contributed by atoms with Gasteiger partial charge in [-0.25, -0.2) is 0 Å². The molecule has 0 radical (unpaired) electrons. The third-order valence-corrected chi connectivity index (χ3v) is 4.93. The van der Waals surface area contributed by atoms with Crippen LogP contribution in [0.1, 0.15) is 17.7 Å². The molecule has 3 heterocycles. The van der Waals surface area contributed by atoms with Gasteiger partial charge < -0.3 is 24.2 Å². The second-order valence-corrected chi connectivity index (χ2v) is 7.09. The minimum absolute atomic E-state index is 0.233. The number of carbonyl (C=O) groups is 1. The van der Waals surface area contributed by atoms with E-state index in [1.807, 2.05) is 54.6 Å². The fourth-order valence-electron chi connectivity index (χ4n) is 3.38. The van der Waals surface area contributed by atoms with Crippen molar-refractivity contribution >= 4 is 11.6 Å². The largest absolute Gasteiger partial charge is 0.454 e. The normalized spacial score (nSPS) is 16.8. The molecule has 2 aromatic carbocycles. The zero-order valence-corrected chi connectivity index (χ0v) is 16.0. The summed E-state index contributed by atoms with van der Waals surface area (Å²) in [5, 5.41) is 10.9. The first-order valence-electron chi connectivity index (χ1n) is 9.63. The van der Waals surface area contributed by atoms with Gasteiger partial charge >= 0.3 is 0 Å². The molecule has 8 heteroatoms. The molecule has 2 aliphatic heterocycles. The molecule has 0 fully saturated rings. The molecule has 1 atom stereocenters. The van der Waals surface area contributed by atoms with Crippen molar-refractivity contribution in [2.24, 2.45) is 5.16 Å². The summed E-state index contributed by atoms with van der Waals surface area (Å²) in [5.74, 6) is 1.89. The highest BCUT2D eigenvalue weighted by atomic mass is 16.7. The molecule has 1 amide bonds. The Morgan fingerprint density at radius 2 is 1.93 bits per heavy atom. The van der Waals surface area contributed by atoms with Crippen LogP contribution < -0.4 is 14.8 Å². The molecule has 30 heavy (non-hydrogen) atoms. The minimum Gasteiger partial charge on any atom is -0.454 e. The molecule has 0 spiro atoms. The molecule has 0 aliphatic carbocycles. The molecule has 152 valence electrons. The van der Waals surface area contributed by atoms with Crippen molar-refractivity contribution in [2.75, 3.05) is 6.79 Å². The van der Waals surface area contributed by atoms with Crippen LogP contribution in [0.15, 0.2) is 64.3 Å². The summed E-state index contributed by atoms with van der Waals surface area (Å²) < 4.78 is 16.1. The van der Waals surface area contributed by atoms with Crippen LogP contribution in [0.4, 0.5) is 0 Å². The first-order valence-corrected chi connectivity index (χ1v) is 9.63. The van der Waals surface area contributed by atoms with Crippen LogP contribution in [0.3, 0.4) is 0 Å². The number of nitrogens with one attached hydrogen (secondary N) is 1. The lowest BCUT2D eigenvalue weighted by molar-refractivity contribution is -0.131. The van der Waals surface area contributed by atoms with E-state index in [4.69, 9.17) is 18.8 Å². The maximum absolute atomic E-state index is 12.4. The predicted molar refractivity (Wildman–Crippen MR) is 107 cm³/mol. The summed E-state index contributed by atoms with van der Waals surface area (Å²) in [7, 11) is 0. The van der Waals surface area contributed by atoms with Crippen LogP contribution >= 0.6 is 0 Å². The lowest BCUT2D eigenvalue weighted by Gasteiger charge is -2.08. The minimum atomic E-state index is -0.644. The van der Waals surface area contributed by atoms with Crippen molar-refractivity contribution in [2.45, 2.75) is 25.5 Å². The van der Waals surface area contributed by atoms with E-state index in [1.165, 1.54) is 0 Å². The average Bonchev–Trinajstić information content (AvgIpc) is 3.53. The number of amides is 1. The molecule has 0 bridgehead atoms. The Labute approximate surface area is 172 Å². The first-order chi connectivity index (χ1) is 14.7. The number of rotatable bonds is 6. The van der Waals surface area contributed by atoms with Gasteiger partial charge in [-0.15, -0.1) is 0 Å². The Morgan fingerprint density at radius 1 is 1.07 bits per heavy atom. The lowest BCUT2D eigenvalue weighted by Crippen LogP contribution is -2.34. The van der Waals surface area contributed by atoms with Gasteiger partial charge in [-0.3, -0.25) is 4.79 Å². The number of ether oxygens (including phenoxy) is 2. The van der Waals surface area contributed by atoms with Crippen LogP contribution in [0, 0.1) is 0 Å². The number of fused-ring (bicyclic) bond motifs is 1. The molecule has 1 N–H and O–H groups in total. The van der Waals surface area contributed by atoms with E-state index >= 15 is 0 Å². The smallest absolute Gasteiger partial charge is 0.264 e. The topological polar surface area (TPSA) is 95.2 Å². The number of nitrogens with zero attached hydrogens (tertiary/aromatic N) is 2. The van der Waals surface area contributed by atoms with Gasteiger partial charge in [0.15, 0.2) is 17.3 Å². The van der Waals surface area contributed by atoms with Gasteiger partial charge in [-0.2, -0.15) is 0 Å². The number of hydrogen-bond donors (Lipinski definition) is 1. The predicted octanol–water partition coefficient (Wildman–Crippen LogP) is 3.07. The summed E-state index contributed by atoms with van der Waals surface area (Å²) in [4.78, 5) is 17.8. The van der Waals surface area contributed by atoms with Crippen LogP contribution in [0.5, 0.6) is 11.5 Å². The Morgan fingerprint density at radius 3 is 2.83 bits per heavy atom. The van der Waals surface area contributed by atoms with E-state index in [-0.39, 0.29) is 19.2 Å². The number of oxime groups is 1. The van der Waals surface area contributed by atoms with E-state index < -0.39 is 6.10 Å². The molecular formula is C22H19N3O5. The Kier molecular flexibility index (Phi) is 4.80. The van der Waals surface area contributed by atoms with Gasteiger partial charge in [0.05, 0.1) is 12.3 Å². The van der Waals surface area contributed by atoms with Crippen molar-refractivity contribution in [1.82, 2.24) is 10.5 Å². The number of aromatic nitrogens is 1. The molecule has 0 unspecified atom stereocenters. The Balaban J connectivity index is 1.13. The van der Waals surface area contributed by atoms with Gasteiger partial charge in [-0.1, -0.05) is 46.7 Å². The van der Waals surface area contributed by atoms with Gasteiger partial charge in [0.25, 0.3) is 5.91 Å². The maximum Gasteiger partial charge on any atom is 0.264 e. The Bertz CT molecular complexity index is 1090. The standard InChI is InChI=1S/C22H19N3O5/c26-22(23-12-17-11-19(29-25-17)15-4-2-1-3-5-15)21-10-16(24-30-21)8-14-6-7-18-20(9-14)28-13-27-18/h1-7,9,11,21H,8,10,12-13H2,(H,23,26)/t21-/m1/s1. The number of benzene rings is 2. The van der Waals surface area contributed by atoms with Gasteiger partial charge in [0, 0.05) is 24.5 Å². The second kappa shape index (κ2) is 7.90. The highest BCUT2D eigenvalue weighted by Crippen LogP contribution is 2.33. The Hall–Kier alpha value is -3.81. The zero-order valence-electron chi connectivity index (χ0n) is 16.0. The van der Waals surface area contributed by atoms with E-state index in [0.29, 0.717) is 24.3 Å². The fraction of sp³-hybridized carbons (Fsp3) is 0.227. The molecule has 0 saturated heterocycles. The summed E-state index contributed by atoms with van der Waals surface area (Å²) in [5.41, 5.74) is 3.41. The fourth-order valence-corrected chi connectivity index (χ4v) is 3.38. The maximum atomic E-state index is 12.4.